The van der Waals surface area contributed by atoms with Gasteiger partial charge in [0.1, 0.15) is 5.69 Å². The van der Waals surface area contributed by atoms with Crippen LogP contribution in [0.1, 0.15) is 80.5 Å². The maximum Gasteiger partial charge on any atom is 0.181 e. The zero-order valence-corrected chi connectivity index (χ0v) is 16.5. The molecule has 0 spiro atoms. The van der Waals surface area contributed by atoms with Crippen LogP contribution in [-0.2, 0) is 0 Å². The summed E-state index contributed by atoms with van der Waals surface area (Å²) in [6, 6.07) is 9.59. The SMILES string of the molecule is CC(C)n1nc(-c2ccc(C#N)cc2)c(C2CC2)c1C(=O)CC(C)(C)CO. The van der Waals surface area contributed by atoms with Crippen LogP contribution in [0.5, 0.6) is 0 Å². The molecule has 3 rings (SSSR count). The van der Waals surface area contributed by atoms with Crippen LogP contribution in [0.3, 0.4) is 0 Å². The number of aliphatic hydroxyl groups is 1. The first-order valence-corrected chi connectivity index (χ1v) is 9.54. The number of carbonyl (C=O) groups excluding carboxylic acids is 1. The summed E-state index contributed by atoms with van der Waals surface area (Å²) in [5, 5.41) is 23.5. The van der Waals surface area contributed by atoms with Gasteiger partial charge in [0.25, 0.3) is 0 Å². The van der Waals surface area contributed by atoms with Crippen LogP contribution >= 0.6 is 0 Å². The van der Waals surface area contributed by atoms with E-state index >= 15 is 0 Å². The van der Waals surface area contributed by atoms with E-state index < -0.39 is 5.41 Å². The maximum absolute atomic E-state index is 13.2. The Balaban J connectivity index is 2.13. The van der Waals surface area contributed by atoms with E-state index in [-0.39, 0.29) is 24.9 Å². The number of hydrogen-bond acceptors (Lipinski definition) is 4. The number of nitriles is 1. The van der Waals surface area contributed by atoms with E-state index in [0.29, 0.717) is 17.2 Å². The standard InChI is InChI=1S/C22H27N3O2/c1-14(2)25-21(18(27)11-22(3,4)13-26)19(16-9-10-16)20(24-25)17-7-5-15(12-23)6-8-17/h5-8,14,16,26H,9-11,13H2,1-4H3. The van der Waals surface area contributed by atoms with Gasteiger partial charge in [0.15, 0.2) is 5.78 Å². The van der Waals surface area contributed by atoms with Gasteiger partial charge in [-0.25, -0.2) is 0 Å². The lowest BCUT2D eigenvalue weighted by Gasteiger charge is -2.21. The van der Waals surface area contributed by atoms with Gasteiger partial charge in [0.2, 0.25) is 0 Å². The number of hydrogen-bond donors (Lipinski definition) is 1. The number of aliphatic hydroxyl groups excluding tert-OH is 1. The zero-order chi connectivity index (χ0) is 19.8. The van der Waals surface area contributed by atoms with Crippen molar-refractivity contribution in [1.82, 2.24) is 9.78 Å². The van der Waals surface area contributed by atoms with Crippen LogP contribution in [0.15, 0.2) is 24.3 Å². The van der Waals surface area contributed by atoms with Gasteiger partial charge in [-0.1, -0.05) is 26.0 Å². The molecule has 1 aromatic heterocycles. The monoisotopic (exact) mass is 365 g/mol. The van der Waals surface area contributed by atoms with Crippen molar-refractivity contribution in [3.8, 4) is 17.3 Å². The minimum Gasteiger partial charge on any atom is -0.396 e. The molecular weight excluding hydrogens is 338 g/mol. The van der Waals surface area contributed by atoms with Gasteiger partial charge in [0, 0.05) is 30.2 Å². The molecule has 1 saturated carbocycles. The molecule has 1 fully saturated rings. The molecular formula is C22H27N3O2. The predicted octanol–water partition coefficient (Wildman–Crippen LogP) is 4.47. The third kappa shape index (κ3) is 3.96. The molecule has 0 bridgehead atoms. The quantitative estimate of drug-likeness (QED) is 0.734. The lowest BCUT2D eigenvalue weighted by atomic mass is 9.86. The molecule has 1 aliphatic carbocycles. The highest BCUT2D eigenvalue weighted by Crippen LogP contribution is 2.47. The highest BCUT2D eigenvalue weighted by Gasteiger charge is 2.37. The molecule has 0 saturated heterocycles. The van der Waals surface area contributed by atoms with Gasteiger partial charge in [-0.05, 0) is 50.2 Å². The Morgan fingerprint density at radius 3 is 2.44 bits per heavy atom. The lowest BCUT2D eigenvalue weighted by Crippen LogP contribution is -2.24. The summed E-state index contributed by atoms with van der Waals surface area (Å²) in [5.41, 5.74) is 3.65. The second kappa shape index (κ2) is 7.28. The van der Waals surface area contributed by atoms with Crippen LogP contribution in [0.4, 0.5) is 0 Å². The van der Waals surface area contributed by atoms with Gasteiger partial charge in [0.05, 0.1) is 17.3 Å². The van der Waals surface area contributed by atoms with E-state index in [1.165, 1.54) is 0 Å². The van der Waals surface area contributed by atoms with Gasteiger partial charge in [-0.2, -0.15) is 10.4 Å². The van der Waals surface area contributed by atoms with Gasteiger partial charge >= 0.3 is 0 Å². The van der Waals surface area contributed by atoms with Crippen molar-refractivity contribution in [2.45, 2.75) is 58.9 Å². The van der Waals surface area contributed by atoms with Crippen molar-refractivity contribution in [1.29, 1.82) is 5.26 Å². The van der Waals surface area contributed by atoms with E-state index in [1.807, 2.05) is 44.5 Å². The predicted molar refractivity (Wildman–Crippen MR) is 105 cm³/mol. The summed E-state index contributed by atoms with van der Waals surface area (Å²) in [6.45, 7) is 7.83. The molecule has 0 unspecified atom stereocenters. The third-order valence-corrected chi connectivity index (χ3v) is 5.04. The van der Waals surface area contributed by atoms with Crippen molar-refractivity contribution in [2.75, 3.05) is 6.61 Å². The number of benzene rings is 1. The summed E-state index contributed by atoms with van der Waals surface area (Å²) in [6.07, 6.45) is 2.42. The molecule has 5 nitrogen and oxygen atoms in total. The van der Waals surface area contributed by atoms with Gasteiger partial charge < -0.3 is 5.11 Å². The van der Waals surface area contributed by atoms with Crippen molar-refractivity contribution in [3.63, 3.8) is 0 Å². The molecule has 27 heavy (non-hydrogen) atoms. The summed E-state index contributed by atoms with van der Waals surface area (Å²) in [4.78, 5) is 13.2. The normalized spacial score (nSPS) is 14.4. The number of rotatable bonds is 7. The Bertz CT molecular complexity index is 882. The molecule has 0 aliphatic heterocycles. The summed E-state index contributed by atoms with van der Waals surface area (Å²) < 4.78 is 1.84. The molecule has 2 aromatic rings. The molecule has 5 heteroatoms. The fourth-order valence-electron chi connectivity index (χ4n) is 3.35. The Morgan fingerprint density at radius 2 is 1.96 bits per heavy atom. The highest BCUT2D eigenvalue weighted by molar-refractivity contribution is 5.98. The smallest absolute Gasteiger partial charge is 0.181 e. The number of aromatic nitrogens is 2. The fourth-order valence-corrected chi connectivity index (χ4v) is 3.35. The molecule has 142 valence electrons. The number of nitrogens with zero attached hydrogens (tertiary/aromatic N) is 3. The van der Waals surface area contributed by atoms with E-state index in [4.69, 9.17) is 10.4 Å². The number of ketones is 1. The van der Waals surface area contributed by atoms with Crippen LogP contribution in [0, 0.1) is 16.7 Å². The second-order valence-electron chi connectivity index (χ2n) is 8.53. The topological polar surface area (TPSA) is 78.9 Å². The minimum absolute atomic E-state index is 0.0319. The zero-order valence-electron chi connectivity index (χ0n) is 16.5. The first-order chi connectivity index (χ1) is 12.8. The lowest BCUT2D eigenvalue weighted by molar-refractivity contribution is 0.0845. The molecule has 1 aromatic carbocycles. The average molecular weight is 365 g/mol. The number of carbonyl (C=O) groups is 1. The minimum atomic E-state index is -0.460. The third-order valence-electron chi connectivity index (χ3n) is 5.04. The average Bonchev–Trinajstić information content (AvgIpc) is 3.40. The summed E-state index contributed by atoms with van der Waals surface area (Å²) >= 11 is 0. The van der Waals surface area contributed by atoms with Crippen molar-refractivity contribution in [2.24, 2.45) is 5.41 Å². The first-order valence-electron chi connectivity index (χ1n) is 9.54. The summed E-state index contributed by atoms with van der Waals surface area (Å²) in [5.74, 6) is 0.399. The molecule has 0 radical (unpaired) electrons. The molecule has 0 atom stereocenters. The fraction of sp³-hybridized carbons (Fsp3) is 0.500. The van der Waals surface area contributed by atoms with E-state index in [0.717, 1.165) is 29.7 Å². The van der Waals surface area contributed by atoms with Crippen LogP contribution in [0.25, 0.3) is 11.3 Å². The Kier molecular flexibility index (Phi) is 5.21. The summed E-state index contributed by atoms with van der Waals surface area (Å²) in [7, 11) is 0. The maximum atomic E-state index is 13.2. The van der Waals surface area contributed by atoms with Gasteiger partial charge in [-0.3, -0.25) is 9.48 Å². The molecule has 1 aliphatic rings. The highest BCUT2D eigenvalue weighted by atomic mass is 16.3. The molecule has 0 amide bonds. The van der Waals surface area contributed by atoms with E-state index in [2.05, 4.69) is 6.07 Å². The molecule has 1 N–H and O–H groups in total. The van der Waals surface area contributed by atoms with Crippen LogP contribution in [0.2, 0.25) is 0 Å². The molecule has 1 heterocycles. The Hall–Kier alpha value is -2.45. The second-order valence-corrected chi connectivity index (χ2v) is 8.53. The van der Waals surface area contributed by atoms with Crippen LogP contribution in [-0.4, -0.2) is 27.3 Å². The van der Waals surface area contributed by atoms with E-state index in [1.54, 1.807) is 12.1 Å². The largest absolute Gasteiger partial charge is 0.396 e. The Morgan fingerprint density at radius 1 is 1.33 bits per heavy atom. The van der Waals surface area contributed by atoms with Crippen LogP contribution < -0.4 is 0 Å². The number of Topliss-reactive ketones (excluding diaryl/α,β-unsaturated/α-hetero) is 1. The first kappa shape index (κ1) is 19.3. The Labute approximate surface area is 160 Å². The van der Waals surface area contributed by atoms with Crippen molar-refractivity contribution < 1.29 is 9.90 Å². The van der Waals surface area contributed by atoms with E-state index in [9.17, 15) is 9.90 Å². The van der Waals surface area contributed by atoms with Crippen molar-refractivity contribution in [3.05, 3.63) is 41.1 Å². The van der Waals surface area contributed by atoms with Crippen molar-refractivity contribution >= 4 is 5.78 Å². The van der Waals surface area contributed by atoms with Gasteiger partial charge in [-0.15, -0.1) is 0 Å².